The van der Waals surface area contributed by atoms with Crippen molar-refractivity contribution < 1.29 is 14.3 Å². The number of hydrogen-bond donors (Lipinski definition) is 1. The summed E-state index contributed by atoms with van der Waals surface area (Å²) >= 11 is 1.24. The average molecular weight is 428 g/mol. The van der Waals surface area contributed by atoms with Gasteiger partial charge in [0.15, 0.2) is 5.16 Å². The highest BCUT2D eigenvalue weighted by Gasteiger charge is 2.14. The van der Waals surface area contributed by atoms with Gasteiger partial charge in [-0.15, -0.1) is 0 Å². The third-order valence-electron chi connectivity index (χ3n) is 4.57. The van der Waals surface area contributed by atoms with Gasteiger partial charge in [0.25, 0.3) is 5.56 Å². The first kappa shape index (κ1) is 21.7. The van der Waals surface area contributed by atoms with Crippen molar-refractivity contribution in [3.05, 3.63) is 52.8 Å². The number of thioether (sulfide) groups is 1. The van der Waals surface area contributed by atoms with E-state index < -0.39 is 0 Å². The van der Waals surface area contributed by atoms with Gasteiger partial charge in [-0.05, 0) is 30.7 Å². The molecule has 30 heavy (non-hydrogen) atoms. The summed E-state index contributed by atoms with van der Waals surface area (Å²) in [6.45, 7) is 2.64. The smallest absolute Gasteiger partial charge is 0.262 e. The van der Waals surface area contributed by atoms with Crippen LogP contribution in [0.4, 0.5) is 5.69 Å². The molecule has 1 heterocycles. The van der Waals surface area contributed by atoms with E-state index in [1.54, 1.807) is 35.9 Å². The number of carbonyl (C=O) groups is 1. The van der Waals surface area contributed by atoms with Gasteiger partial charge in [-0.2, -0.15) is 0 Å². The first-order chi connectivity index (χ1) is 14.6. The molecule has 0 atom stereocenters. The lowest BCUT2D eigenvalue weighted by atomic mass is 10.2. The van der Waals surface area contributed by atoms with Crippen molar-refractivity contribution in [2.45, 2.75) is 31.5 Å². The molecule has 1 amide bonds. The molecule has 158 valence electrons. The molecule has 3 aromatic rings. The van der Waals surface area contributed by atoms with E-state index in [4.69, 9.17) is 9.47 Å². The first-order valence-electron chi connectivity index (χ1n) is 9.71. The van der Waals surface area contributed by atoms with Crippen molar-refractivity contribution >= 4 is 34.3 Å². The number of benzene rings is 2. The Hall–Kier alpha value is -3.00. The van der Waals surface area contributed by atoms with Crippen molar-refractivity contribution in [3.63, 3.8) is 0 Å². The van der Waals surface area contributed by atoms with Gasteiger partial charge in [-0.25, -0.2) is 4.98 Å². The number of aromatic nitrogens is 2. The molecule has 8 heteroatoms. The van der Waals surface area contributed by atoms with Crippen LogP contribution in [-0.4, -0.2) is 35.4 Å². The Balaban J connectivity index is 1.81. The van der Waals surface area contributed by atoms with E-state index in [2.05, 4.69) is 17.2 Å². The highest BCUT2D eigenvalue weighted by Crippen LogP contribution is 2.29. The van der Waals surface area contributed by atoms with E-state index in [-0.39, 0.29) is 17.2 Å². The van der Waals surface area contributed by atoms with E-state index >= 15 is 0 Å². The van der Waals surface area contributed by atoms with E-state index in [0.717, 1.165) is 12.8 Å². The Labute approximate surface area is 179 Å². The molecule has 0 saturated heterocycles. The number of hydrogen-bond acceptors (Lipinski definition) is 6. The van der Waals surface area contributed by atoms with Crippen molar-refractivity contribution in [3.8, 4) is 11.5 Å². The molecule has 0 radical (unpaired) electrons. The largest absolute Gasteiger partial charge is 0.497 e. The van der Waals surface area contributed by atoms with Gasteiger partial charge in [-0.1, -0.05) is 37.2 Å². The van der Waals surface area contributed by atoms with Crippen LogP contribution in [0.5, 0.6) is 11.5 Å². The molecule has 0 aliphatic heterocycles. The van der Waals surface area contributed by atoms with Gasteiger partial charge in [-0.3, -0.25) is 14.2 Å². The third kappa shape index (κ3) is 4.94. The summed E-state index contributed by atoms with van der Waals surface area (Å²) in [5, 5.41) is 3.97. The molecule has 0 fully saturated rings. The van der Waals surface area contributed by atoms with Crippen LogP contribution in [0.1, 0.15) is 19.8 Å². The second-order valence-corrected chi connectivity index (χ2v) is 7.57. The van der Waals surface area contributed by atoms with Crippen molar-refractivity contribution in [2.75, 3.05) is 25.3 Å². The monoisotopic (exact) mass is 427 g/mol. The second-order valence-electron chi connectivity index (χ2n) is 6.62. The standard InChI is InChI=1S/C22H25N3O4S/c1-4-5-12-25-21(27)16-8-6-7-9-17(16)24-22(25)30-14-20(26)23-18-13-15(28-2)10-11-19(18)29-3/h6-11,13H,4-5,12,14H2,1-3H3,(H,23,26). The van der Waals surface area contributed by atoms with Crippen molar-refractivity contribution in [1.82, 2.24) is 9.55 Å². The predicted molar refractivity (Wildman–Crippen MR) is 120 cm³/mol. The Morgan fingerprint density at radius 2 is 1.97 bits per heavy atom. The van der Waals surface area contributed by atoms with Gasteiger partial charge >= 0.3 is 0 Å². The summed E-state index contributed by atoms with van der Waals surface area (Å²) < 4.78 is 12.2. The Bertz CT molecular complexity index is 1100. The van der Waals surface area contributed by atoms with Gasteiger partial charge in [0.05, 0.1) is 36.6 Å². The molecule has 7 nitrogen and oxygen atoms in total. The Kier molecular flexibility index (Phi) is 7.35. The summed E-state index contributed by atoms with van der Waals surface area (Å²) in [6.07, 6.45) is 1.82. The second kappa shape index (κ2) is 10.2. The molecule has 2 aromatic carbocycles. The van der Waals surface area contributed by atoms with Crippen LogP contribution in [0.3, 0.4) is 0 Å². The van der Waals surface area contributed by atoms with E-state index in [1.165, 1.54) is 18.9 Å². The molecular weight excluding hydrogens is 402 g/mol. The minimum Gasteiger partial charge on any atom is -0.497 e. The molecule has 3 rings (SSSR count). The lowest BCUT2D eigenvalue weighted by Gasteiger charge is -2.14. The number of nitrogens with one attached hydrogen (secondary N) is 1. The summed E-state index contributed by atoms with van der Waals surface area (Å²) in [6, 6.07) is 12.5. The molecule has 1 aromatic heterocycles. The SMILES string of the molecule is CCCCn1c(SCC(=O)Nc2cc(OC)ccc2OC)nc2ccccc2c1=O. The van der Waals surface area contributed by atoms with Gasteiger partial charge in [0.1, 0.15) is 11.5 Å². The molecule has 0 aliphatic carbocycles. The summed E-state index contributed by atoms with van der Waals surface area (Å²) in [5.74, 6) is 1.04. The topological polar surface area (TPSA) is 82.5 Å². The molecular formula is C22H25N3O4S. The molecule has 0 saturated carbocycles. The fourth-order valence-electron chi connectivity index (χ4n) is 3.00. The first-order valence-corrected chi connectivity index (χ1v) is 10.7. The number of fused-ring (bicyclic) bond motifs is 1. The van der Waals surface area contributed by atoms with Crippen LogP contribution < -0.4 is 20.3 Å². The van der Waals surface area contributed by atoms with Crippen LogP contribution in [0.15, 0.2) is 52.4 Å². The minimum absolute atomic E-state index is 0.0774. The highest BCUT2D eigenvalue weighted by atomic mass is 32.2. The van der Waals surface area contributed by atoms with Crippen LogP contribution in [0, 0.1) is 0 Å². The average Bonchev–Trinajstić information content (AvgIpc) is 2.77. The molecule has 0 spiro atoms. The number of amides is 1. The number of para-hydroxylation sites is 1. The lowest BCUT2D eigenvalue weighted by molar-refractivity contribution is -0.113. The molecule has 0 unspecified atom stereocenters. The maximum Gasteiger partial charge on any atom is 0.262 e. The number of ether oxygens (including phenoxy) is 2. The zero-order chi connectivity index (χ0) is 21.5. The zero-order valence-corrected chi connectivity index (χ0v) is 18.1. The number of methoxy groups -OCH3 is 2. The lowest BCUT2D eigenvalue weighted by Crippen LogP contribution is -2.24. The van der Waals surface area contributed by atoms with Gasteiger partial charge in [0.2, 0.25) is 5.91 Å². The fraction of sp³-hybridized carbons (Fsp3) is 0.318. The fourth-order valence-corrected chi connectivity index (χ4v) is 3.82. The maximum atomic E-state index is 12.9. The van der Waals surface area contributed by atoms with Crippen LogP contribution in [-0.2, 0) is 11.3 Å². The van der Waals surface area contributed by atoms with Crippen LogP contribution >= 0.6 is 11.8 Å². The summed E-state index contributed by atoms with van der Waals surface area (Å²) in [5.41, 5.74) is 1.08. The van der Waals surface area contributed by atoms with E-state index in [0.29, 0.717) is 39.8 Å². The molecule has 0 bridgehead atoms. The van der Waals surface area contributed by atoms with Crippen LogP contribution in [0.2, 0.25) is 0 Å². The number of carbonyl (C=O) groups excluding carboxylic acids is 1. The highest BCUT2D eigenvalue weighted by molar-refractivity contribution is 7.99. The van der Waals surface area contributed by atoms with Crippen molar-refractivity contribution in [2.24, 2.45) is 0 Å². The Morgan fingerprint density at radius 1 is 1.17 bits per heavy atom. The van der Waals surface area contributed by atoms with E-state index in [1.807, 2.05) is 18.2 Å². The quantitative estimate of drug-likeness (QED) is 0.411. The number of unbranched alkanes of at least 4 members (excludes halogenated alkanes) is 1. The number of anilines is 1. The number of nitrogens with zero attached hydrogens (tertiary/aromatic N) is 2. The van der Waals surface area contributed by atoms with Crippen LogP contribution in [0.25, 0.3) is 10.9 Å². The zero-order valence-electron chi connectivity index (χ0n) is 17.3. The van der Waals surface area contributed by atoms with E-state index in [9.17, 15) is 9.59 Å². The van der Waals surface area contributed by atoms with Crippen molar-refractivity contribution in [1.29, 1.82) is 0 Å². The summed E-state index contributed by atoms with van der Waals surface area (Å²) in [4.78, 5) is 30.1. The maximum absolute atomic E-state index is 12.9. The number of rotatable bonds is 9. The van der Waals surface area contributed by atoms with Gasteiger partial charge < -0.3 is 14.8 Å². The normalized spacial score (nSPS) is 10.8. The van der Waals surface area contributed by atoms with Gasteiger partial charge in [0, 0.05) is 12.6 Å². The predicted octanol–water partition coefficient (Wildman–Crippen LogP) is 3.94. The Morgan fingerprint density at radius 3 is 2.70 bits per heavy atom. The minimum atomic E-state index is -0.226. The molecule has 1 N–H and O–H groups in total. The molecule has 0 aliphatic rings. The third-order valence-corrected chi connectivity index (χ3v) is 5.55. The summed E-state index contributed by atoms with van der Waals surface area (Å²) in [7, 11) is 3.10.